The van der Waals surface area contributed by atoms with Crippen molar-refractivity contribution in [3.63, 3.8) is 0 Å². The van der Waals surface area contributed by atoms with E-state index in [1.165, 1.54) is 19.2 Å². The van der Waals surface area contributed by atoms with Crippen molar-refractivity contribution in [2.45, 2.75) is 57.4 Å². The molecule has 0 aliphatic heterocycles. The zero-order chi connectivity index (χ0) is 16.8. The van der Waals surface area contributed by atoms with Crippen LogP contribution in [0.1, 0.15) is 55.5 Å². The van der Waals surface area contributed by atoms with Crippen LogP contribution in [0.5, 0.6) is 0 Å². The Morgan fingerprint density at radius 3 is 2.55 bits per heavy atom. The molecule has 2 N–H and O–H groups in total. The molecule has 1 amide bonds. The second kappa shape index (κ2) is 8.29. The van der Waals surface area contributed by atoms with Crippen molar-refractivity contribution in [2.24, 2.45) is 0 Å². The summed E-state index contributed by atoms with van der Waals surface area (Å²) in [5.41, 5.74) is 1.16. The molecule has 5 nitrogen and oxygen atoms in total. The molecule has 1 aromatic carbocycles. The van der Waals surface area contributed by atoms with Gasteiger partial charge in [0.2, 0.25) is 10.0 Å². The first-order valence-electron chi connectivity index (χ1n) is 7.67. The second-order valence-corrected chi connectivity index (χ2v) is 7.44. The van der Waals surface area contributed by atoms with E-state index in [0.29, 0.717) is 5.56 Å². The van der Waals surface area contributed by atoms with Crippen molar-refractivity contribution >= 4 is 15.9 Å². The summed E-state index contributed by atoms with van der Waals surface area (Å²) in [4.78, 5) is 12.5. The van der Waals surface area contributed by atoms with Gasteiger partial charge >= 0.3 is 0 Å². The maximum atomic E-state index is 12.3. The first-order chi connectivity index (χ1) is 10.3. The number of aryl methyl sites for hydroxylation is 1. The summed E-state index contributed by atoms with van der Waals surface area (Å²) in [6, 6.07) is 4.65. The van der Waals surface area contributed by atoms with Crippen molar-refractivity contribution in [3.05, 3.63) is 29.3 Å². The standard InChI is InChI=1S/C16H26N2O3S/c1-5-6-7-8-13(3)18-16(19)15-11-14(10-9-12(15)2)22(20,21)17-4/h9-11,13,17H,5-8H2,1-4H3,(H,18,19). The average Bonchev–Trinajstić information content (AvgIpc) is 2.47. The number of carbonyl (C=O) groups is 1. The highest BCUT2D eigenvalue weighted by Crippen LogP contribution is 2.16. The lowest BCUT2D eigenvalue weighted by atomic mass is 10.1. The Morgan fingerprint density at radius 1 is 1.27 bits per heavy atom. The Balaban J connectivity index is 2.87. The Hall–Kier alpha value is -1.40. The van der Waals surface area contributed by atoms with E-state index < -0.39 is 10.0 Å². The van der Waals surface area contributed by atoms with Crippen molar-refractivity contribution in [1.29, 1.82) is 0 Å². The van der Waals surface area contributed by atoms with E-state index in [1.807, 2.05) is 6.92 Å². The van der Waals surface area contributed by atoms with E-state index in [-0.39, 0.29) is 16.8 Å². The van der Waals surface area contributed by atoms with Crippen LogP contribution in [0, 0.1) is 6.92 Å². The second-order valence-electron chi connectivity index (χ2n) is 5.55. The van der Waals surface area contributed by atoms with Crippen molar-refractivity contribution in [2.75, 3.05) is 7.05 Å². The fraction of sp³-hybridized carbons (Fsp3) is 0.562. The van der Waals surface area contributed by atoms with Gasteiger partial charge in [-0.3, -0.25) is 4.79 Å². The minimum Gasteiger partial charge on any atom is -0.350 e. The summed E-state index contributed by atoms with van der Waals surface area (Å²) in [6.45, 7) is 5.91. The van der Waals surface area contributed by atoms with E-state index in [1.54, 1.807) is 13.0 Å². The van der Waals surface area contributed by atoms with E-state index in [4.69, 9.17) is 0 Å². The molecule has 6 heteroatoms. The molecule has 1 atom stereocenters. The molecule has 0 spiro atoms. The van der Waals surface area contributed by atoms with Crippen LogP contribution >= 0.6 is 0 Å². The van der Waals surface area contributed by atoms with Crippen LogP contribution in [0.25, 0.3) is 0 Å². The van der Waals surface area contributed by atoms with Crippen LogP contribution < -0.4 is 10.0 Å². The summed E-state index contributed by atoms with van der Waals surface area (Å²) in [6.07, 6.45) is 4.29. The largest absolute Gasteiger partial charge is 0.350 e. The van der Waals surface area contributed by atoms with Crippen LogP contribution in [-0.4, -0.2) is 27.4 Å². The Bertz CT molecular complexity index is 612. The summed E-state index contributed by atoms with van der Waals surface area (Å²) >= 11 is 0. The lowest BCUT2D eigenvalue weighted by molar-refractivity contribution is 0.0937. The predicted octanol–water partition coefficient (Wildman–Crippen LogP) is 2.60. The van der Waals surface area contributed by atoms with Crippen LogP contribution in [0.2, 0.25) is 0 Å². The molecule has 124 valence electrons. The number of amides is 1. The molecule has 0 bridgehead atoms. The monoisotopic (exact) mass is 326 g/mol. The zero-order valence-electron chi connectivity index (χ0n) is 13.8. The third-order valence-corrected chi connectivity index (χ3v) is 5.06. The summed E-state index contributed by atoms with van der Waals surface area (Å²) in [5, 5.41) is 2.94. The Kier molecular flexibility index (Phi) is 7.03. The van der Waals surface area contributed by atoms with Gasteiger partial charge in [-0.2, -0.15) is 0 Å². The number of carbonyl (C=O) groups excluding carboxylic acids is 1. The lowest BCUT2D eigenvalue weighted by Crippen LogP contribution is -2.33. The molecule has 0 saturated heterocycles. The molecule has 0 aliphatic rings. The fourth-order valence-electron chi connectivity index (χ4n) is 2.20. The Labute approximate surface area is 133 Å². The van der Waals surface area contributed by atoms with Gasteiger partial charge in [0.15, 0.2) is 0 Å². The first kappa shape index (κ1) is 18.6. The van der Waals surface area contributed by atoms with Gasteiger partial charge in [0.25, 0.3) is 5.91 Å². The topological polar surface area (TPSA) is 75.3 Å². The third-order valence-electron chi connectivity index (χ3n) is 3.65. The van der Waals surface area contributed by atoms with Crippen LogP contribution in [-0.2, 0) is 10.0 Å². The molecule has 0 saturated carbocycles. The van der Waals surface area contributed by atoms with Gasteiger partial charge in [0, 0.05) is 11.6 Å². The van der Waals surface area contributed by atoms with Gasteiger partial charge in [-0.15, -0.1) is 0 Å². The first-order valence-corrected chi connectivity index (χ1v) is 9.15. The van der Waals surface area contributed by atoms with Crippen molar-refractivity contribution in [1.82, 2.24) is 10.0 Å². The normalized spacial score (nSPS) is 12.9. The summed E-state index contributed by atoms with van der Waals surface area (Å²) in [7, 11) is -2.20. The van der Waals surface area contributed by atoms with Gasteiger partial charge in [0.1, 0.15) is 0 Å². The maximum Gasteiger partial charge on any atom is 0.251 e. The van der Waals surface area contributed by atoms with E-state index in [9.17, 15) is 13.2 Å². The summed E-state index contributed by atoms with van der Waals surface area (Å²) in [5.74, 6) is -0.227. The molecule has 0 aromatic heterocycles. The number of unbranched alkanes of at least 4 members (excludes halogenated alkanes) is 2. The number of rotatable bonds is 8. The molecule has 22 heavy (non-hydrogen) atoms. The third kappa shape index (κ3) is 5.10. The van der Waals surface area contributed by atoms with Crippen molar-refractivity contribution < 1.29 is 13.2 Å². The molecule has 0 fully saturated rings. The van der Waals surface area contributed by atoms with Crippen LogP contribution in [0.3, 0.4) is 0 Å². The zero-order valence-corrected chi connectivity index (χ0v) is 14.6. The fourth-order valence-corrected chi connectivity index (χ4v) is 2.96. The molecule has 1 aromatic rings. The molecule has 1 rings (SSSR count). The molecule has 0 heterocycles. The van der Waals surface area contributed by atoms with Gasteiger partial charge in [-0.25, -0.2) is 13.1 Å². The number of nitrogens with one attached hydrogen (secondary N) is 2. The quantitative estimate of drug-likeness (QED) is 0.721. The highest BCUT2D eigenvalue weighted by atomic mass is 32.2. The Morgan fingerprint density at radius 2 is 1.95 bits per heavy atom. The molecule has 1 unspecified atom stereocenters. The number of hydrogen-bond acceptors (Lipinski definition) is 3. The maximum absolute atomic E-state index is 12.3. The molecular formula is C16H26N2O3S. The van der Waals surface area contributed by atoms with E-state index in [2.05, 4.69) is 17.0 Å². The van der Waals surface area contributed by atoms with E-state index >= 15 is 0 Å². The summed E-state index contributed by atoms with van der Waals surface area (Å²) < 4.78 is 25.9. The van der Waals surface area contributed by atoms with Crippen LogP contribution in [0.15, 0.2) is 23.1 Å². The number of benzene rings is 1. The minimum atomic E-state index is -3.55. The SMILES string of the molecule is CCCCCC(C)NC(=O)c1cc(S(=O)(=O)NC)ccc1C. The van der Waals surface area contributed by atoms with Gasteiger partial charge in [-0.05, 0) is 45.0 Å². The smallest absolute Gasteiger partial charge is 0.251 e. The number of sulfonamides is 1. The van der Waals surface area contributed by atoms with Gasteiger partial charge in [-0.1, -0.05) is 32.3 Å². The lowest BCUT2D eigenvalue weighted by Gasteiger charge is -2.15. The molecule has 0 radical (unpaired) electrons. The van der Waals surface area contributed by atoms with Crippen molar-refractivity contribution in [3.8, 4) is 0 Å². The number of hydrogen-bond donors (Lipinski definition) is 2. The van der Waals surface area contributed by atoms with Gasteiger partial charge < -0.3 is 5.32 Å². The molecule has 0 aliphatic carbocycles. The minimum absolute atomic E-state index is 0.0722. The molecular weight excluding hydrogens is 300 g/mol. The highest BCUT2D eigenvalue weighted by Gasteiger charge is 2.17. The van der Waals surface area contributed by atoms with Crippen LogP contribution in [0.4, 0.5) is 0 Å². The van der Waals surface area contributed by atoms with Gasteiger partial charge in [0.05, 0.1) is 4.90 Å². The average molecular weight is 326 g/mol. The highest BCUT2D eigenvalue weighted by molar-refractivity contribution is 7.89. The van der Waals surface area contributed by atoms with E-state index in [0.717, 1.165) is 31.2 Å². The predicted molar refractivity (Wildman–Crippen MR) is 88.5 cm³/mol.